The third-order valence-corrected chi connectivity index (χ3v) is 6.39. The number of phenolic OH excluding ortho intramolecular Hbond substituents is 1. The van der Waals surface area contributed by atoms with Crippen molar-refractivity contribution in [2.45, 2.75) is 111 Å². The van der Waals surface area contributed by atoms with Crippen LogP contribution in [0.5, 0.6) is 11.5 Å². The highest BCUT2D eigenvalue weighted by atomic mass is 16.5. The van der Waals surface area contributed by atoms with E-state index in [-0.39, 0.29) is 35.1 Å². The fourth-order valence-corrected chi connectivity index (χ4v) is 4.33. The number of phenols is 1. The van der Waals surface area contributed by atoms with Crippen LogP contribution in [0.1, 0.15) is 109 Å². The molecule has 0 aliphatic carbocycles. The molecule has 0 atom stereocenters. The summed E-state index contributed by atoms with van der Waals surface area (Å²) in [6, 6.07) is 7.87. The van der Waals surface area contributed by atoms with Crippen LogP contribution in [0.15, 0.2) is 24.3 Å². The highest BCUT2D eigenvalue weighted by molar-refractivity contribution is 5.74. The van der Waals surface area contributed by atoms with Gasteiger partial charge in [-0.3, -0.25) is 9.59 Å². The Hall–Kier alpha value is -2.82. The molecule has 5 nitrogen and oxygen atoms in total. The number of aliphatic carboxylic acids is 1. The quantitative estimate of drug-likeness (QED) is 0.314. The highest BCUT2D eigenvalue weighted by Gasteiger charge is 2.27. The fraction of sp³-hybridized carbons (Fsp3) is 0.548. The molecule has 2 N–H and O–H groups in total. The van der Waals surface area contributed by atoms with Gasteiger partial charge in [0.05, 0.1) is 0 Å². The average Bonchev–Trinajstić information content (AvgIpc) is 2.70. The van der Waals surface area contributed by atoms with Gasteiger partial charge in [0.1, 0.15) is 11.5 Å². The van der Waals surface area contributed by atoms with Crippen molar-refractivity contribution in [3.8, 4) is 11.5 Å². The molecule has 0 saturated carbocycles. The highest BCUT2D eigenvalue weighted by Crippen LogP contribution is 2.40. The molecule has 0 radical (unpaired) electrons. The number of benzene rings is 2. The van der Waals surface area contributed by atoms with Crippen LogP contribution in [-0.2, 0) is 38.7 Å². The van der Waals surface area contributed by atoms with Gasteiger partial charge in [0.15, 0.2) is 0 Å². The normalized spacial score (nSPS) is 12.5. The number of ether oxygens (including phenoxy) is 1. The van der Waals surface area contributed by atoms with E-state index in [0.29, 0.717) is 24.3 Å². The van der Waals surface area contributed by atoms with Crippen molar-refractivity contribution in [2.24, 2.45) is 0 Å². The molecule has 0 aromatic heterocycles. The summed E-state index contributed by atoms with van der Waals surface area (Å²) in [7, 11) is 0. The maximum atomic E-state index is 13.0. The van der Waals surface area contributed by atoms with E-state index in [1.807, 2.05) is 31.2 Å². The van der Waals surface area contributed by atoms with Gasteiger partial charge < -0.3 is 14.9 Å². The second-order valence-corrected chi connectivity index (χ2v) is 12.9. The Morgan fingerprint density at radius 3 is 1.58 bits per heavy atom. The first kappa shape index (κ1) is 29.4. The number of carboxylic acid groups (broad SMARTS) is 1. The van der Waals surface area contributed by atoms with Crippen molar-refractivity contribution in [1.82, 2.24) is 0 Å². The molecule has 0 saturated heterocycles. The second-order valence-electron chi connectivity index (χ2n) is 12.9. The minimum atomic E-state index is -0.834. The molecule has 2 aromatic carbocycles. The van der Waals surface area contributed by atoms with E-state index < -0.39 is 5.97 Å². The zero-order valence-corrected chi connectivity index (χ0v) is 23.8. The van der Waals surface area contributed by atoms with E-state index in [1.54, 1.807) is 0 Å². The second kappa shape index (κ2) is 10.7. The van der Waals surface area contributed by atoms with Gasteiger partial charge in [-0.05, 0) is 63.8 Å². The number of hydrogen-bond donors (Lipinski definition) is 2. The minimum Gasteiger partial charge on any atom is -0.507 e. The smallest absolute Gasteiger partial charge is 0.311 e. The van der Waals surface area contributed by atoms with Crippen LogP contribution in [0.3, 0.4) is 0 Å². The van der Waals surface area contributed by atoms with Crippen LogP contribution >= 0.6 is 0 Å². The number of esters is 1. The number of aromatic hydroxyl groups is 1. The molecule has 0 bridgehead atoms. The third kappa shape index (κ3) is 7.59. The number of rotatable bonds is 7. The van der Waals surface area contributed by atoms with Gasteiger partial charge in [0.2, 0.25) is 0 Å². The molecule has 0 heterocycles. The van der Waals surface area contributed by atoms with Crippen LogP contribution in [0.4, 0.5) is 0 Å². The summed E-state index contributed by atoms with van der Waals surface area (Å²) in [6.45, 7) is 20.5. The van der Waals surface area contributed by atoms with E-state index in [2.05, 4.69) is 62.3 Å². The van der Waals surface area contributed by atoms with E-state index in [0.717, 1.165) is 33.4 Å². The number of carboxylic acids is 1. The van der Waals surface area contributed by atoms with Crippen LogP contribution in [0, 0.1) is 6.92 Å². The average molecular weight is 497 g/mol. The van der Waals surface area contributed by atoms with Gasteiger partial charge in [-0.1, -0.05) is 86.6 Å². The lowest BCUT2D eigenvalue weighted by molar-refractivity contribution is -0.137. The summed E-state index contributed by atoms with van der Waals surface area (Å²) in [4.78, 5) is 24.0. The van der Waals surface area contributed by atoms with Gasteiger partial charge >= 0.3 is 11.9 Å². The maximum absolute atomic E-state index is 13.0. The maximum Gasteiger partial charge on any atom is 0.311 e. The van der Waals surface area contributed by atoms with Crippen molar-refractivity contribution in [3.63, 3.8) is 0 Å². The van der Waals surface area contributed by atoms with Crippen molar-refractivity contribution in [2.75, 3.05) is 0 Å². The number of aryl methyl sites for hydroxylation is 3. The van der Waals surface area contributed by atoms with Gasteiger partial charge in [0.25, 0.3) is 0 Å². The first-order valence-electron chi connectivity index (χ1n) is 12.7. The predicted octanol–water partition coefficient (Wildman–Crippen LogP) is 7.15. The van der Waals surface area contributed by atoms with Crippen LogP contribution < -0.4 is 4.74 Å². The van der Waals surface area contributed by atoms with Gasteiger partial charge in [-0.25, -0.2) is 0 Å². The molecular weight excluding hydrogens is 452 g/mol. The SMILES string of the molecule is Cc1cc(CCC(=O)O)cc(C(C)(C)C)c1OC(=O)CCc1cc(C(C)(C)C)c(O)c(C(C)(C)C)c1. The summed E-state index contributed by atoms with van der Waals surface area (Å²) >= 11 is 0. The molecule has 0 aliphatic heterocycles. The largest absolute Gasteiger partial charge is 0.507 e. The first-order valence-corrected chi connectivity index (χ1v) is 12.7. The molecule has 5 heteroatoms. The molecule has 0 fully saturated rings. The van der Waals surface area contributed by atoms with Crippen molar-refractivity contribution < 1.29 is 24.5 Å². The number of carbonyl (C=O) groups excluding carboxylic acids is 1. The Morgan fingerprint density at radius 1 is 0.722 bits per heavy atom. The predicted molar refractivity (Wildman–Crippen MR) is 145 cm³/mol. The summed E-state index contributed by atoms with van der Waals surface area (Å²) < 4.78 is 5.92. The van der Waals surface area contributed by atoms with Crippen LogP contribution in [-0.4, -0.2) is 22.2 Å². The van der Waals surface area contributed by atoms with Crippen LogP contribution in [0.2, 0.25) is 0 Å². The molecule has 0 amide bonds. The zero-order valence-electron chi connectivity index (χ0n) is 23.8. The van der Waals surface area contributed by atoms with E-state index in [1.165, 1.54) is 0 Å². The Balaban J connectivity index is 2.32. The molecule has 198 valence electrons. The Morgan fingerprint density at radius 2 is 1.14 bits per heavy atom. The summed E-state index contributed by atoms with van der Waals surface area (Å²) in [5, 5.41) is 20.0. The molecule has 0 aliphatic rings. The topological polar surface area (TPSA) is 83.8 Å². The number of carbonyl (C=O) groups is 2. The van der Waals surface area contributed by atoms with Crippen LogP contribution in [0.25, 0.3) is 0 Å². The van der Waals surface area contributed by atoms with Gasteiger partial charge in [0, 0.05) is 18.4 Å². The monoisotopic (exact) mass is 496 g/mol. The fourth-order valence-electron chi connectivity index (χ4n) is 4.33. The van der Waals surface area contributed by atoms with Crippen molar-refractivity contribution in [1.29, 1.82) is 0 Å². The molecule has 0 unspecified atom stereocenters. The molecular formula is C31H44O5. The van der Waals surface area contributed by atoms with E-state index in [9.17, 15) is 14.7 Å². The lowest BCUT2D eigenvalue weighted by Gasteiger charge is -2.28. The Kier molecular flexibility index (Phi) is 8.71. The van der Waals surface area contributed by atoms with E-state index in [4.69, 9.17) is 9.84 Å². The van der Waals surface area contributed by atoms with Crippen molar-refractivity contribution >= 4 is 11.9 Å². The van der Waals surface area contributed by atoms with Gasteiger partial charge in [-0.15, -0.1) is 0 Å². The summed E-state index contributed by atoms with van der Waals surface area (Å²) in [6.07, 6.45) is 1.20. The van der Waals surface area contributed by atoms with Crippen molar-refractivity contribution in [3.05, 3.63) is 57.6 Å². The molecule has 0 spiro atoms. The molecule has 36 heavy (non-hydrogen) atoms. The Bertz CT molecular complexity index is 1090. The lowest BCUT2D eigenvalue weighted by Crippen LogP contribution is -2.19. The lowest BCUT2D eigenvalue weighted by atomic mass is 9.78. The summed E-state index contributed by atoms with van der Waals surface area (Å²) in [5.41, 5.74) is 4.65. The van der Waals surface area contributed by atoms with Gasteiger partial charge in [-0.2, -0.15) is 0 Å². The standard InChI is InChI=1S/C31H44O5/c1-19-15-20(11-13-25(32)33)18-24(31(8,9)10)28(19)36-26(34)14-12-21-16-22(29(2,3)4)27(35)23(17-21)30(5,6)7/h15-18,35H,11-14H2,1-10H3,(H,32,33). The Labute approximate surface area is 216 Å². The third-order valence-electron chi connectivity index (χ3n) is 6.39. The zero-order chi connectivity index (χ0) is 27.6. The molecule has 2 aromatic rings. The number of hydrogen-bond acceptors (Lipinski definition) is 4. The minimum absolute atomic E-state index is 0.0574. The summed E-state index contributed by atoms with van der Waals surface area (Å²) in [5.74, 6) is -0.263. The first-order chi connectivity index (χ1) is 16.3. The molecule has 2 rings (SSSR count). The van der Waals surface area contributed by atoms with E-state index >= 15 is 0 Å².